The SMILES string of the molecule is Nc1nc2c(ncn2[C@H]2C[C@H](O)[C@@H](COP(=O)([O-])OP(=O)([O-])[O-])O2)c(=O)[nH]1.[Na+].[Na+].[Na+]. The monoisotopic (exact) mass is 493 g/mol. The molecule has 0 amide bonds. The summed E-state index contributed by atoms with van der Waals surface area (Å²) < 4.78 is 35.9. The number of anilines is 1. The summed E-state index contributed by atoms with van der Waals surface area (Å²) in [5, 5.41) is 10.0. The number of imidazole rings is 1. The fourth-order valence-electron chi connectivity index (χ4n) is 2.50. The number of phosphoric ester groups is 1. The number of aromatic amines is 1. The van der Waals surface area contributed by atoms with Crippen LogP contribution in [0.3, 0.4) is 0 Å². The first-order valence-electron chi connectivity index (χ1n) is 7.20. The maximum absolute atomic E-state index is 11.8. The molecule has 15 nitrogen and oxygen atoms in total. The van der Waals surface area contributed by atoms with E-state index in [2.05, 4.69) is 23.8 Å². The summed E-state index contributed by atoms with van der Waals surface area (Å²) in [6.07, 6.45) is -2.17. The van der Waals surface area contributed by atoms with Crippen molar-refractivity contribution in [2.75, 3.05) is 12.3 Å². The van der Waals surface area contributed by atoms with Gasteiger partial charge < -0.3 is 39.3 Å². The number of nitrogens with one attached hydrogen (secondary N) is 1. The zero-order valence-corrected chi connectivity index (χ0v) is 23.9. The summed E-state index contributed by atoms with van der Waals surface area (Å²) >= 11 is 0. The van der Waals surface area contributed by atoms with Crippen LogP contribution in [0.2, 0.25) is 0 Å². The van der Waals surface area contributed by atoms with Crippen molar-refractivity contribution < 1.29 is 131 Å². The quantitative estimate of drug-likeness (QED) is 0.250. The predicted molar refractivity (Wildman–Crippen MR) is 79.3 cm³/mol. The van der Waals surface area contributed by atoms with E-state index in [-0.39, 0.29) is 112 Å². The van der Waals surface area contributed by atoms with E-state index in [1.54, 1.807) is 0 Å². The smallest absolute Gasteiger partial charge is 0.790 e. The third-order valence-electron chi connectivity index (χ3n) is 3.56. The third kappa shape index (κ3) is 7.97. The first-order valence-corrected chi connectivity index (χ1v) is 10.1. The molecular formula is C10H12N5Na3O10P2. The number of nitrogens with two attached hydrogens (primary N) is 1. The van der Waals surface area contributed by atoms with Gasteiger partial charge in [0.25, 0.3) is 13.4 Å². The molecule has 1 aliphatic heterocycles. The average Bonchev–Trinajstić information content (AvgIpc) is 3.06. The summed E-state index contributed by atoms with van der Waals surface area (Å²) in [6, 6.07) is 0. The second kappa shape index (κ2) is 12.2. The third-order valence-corrected chi connectivity index (χ3v) is 5.63. The molecule has 0 radical (unpaired) electrons. The normalized spacial score (nSPS) is 23.1. The van der Waals surface area contributed by atoms with Gasteiger partial charge in [-0.25, -0.2) is 4.98 Å². The molecule has 1 aliphatic rings. The molecule has 20 heteroatoms. The van der Waals surface area contributed by atoms with E-state index in [0.717, 1.165) is 0 Å². The van der Waals surface area contributed by atoms with Gasteiger partial charge in [-0.1, -0.05) is 0 Å². The molecule has 4 N–H and O–H groups in total. The first kappa shape index (κ1) is 31.3. The zero-order valence-electron chi connectivity index (χ0n) is 16.2. The van der Waals surface area contributed by atoms with E-state index in [4.69, 9.17) is 10.5 Å². The molecule has 2 aromatic rings. The van der Waals surface area contributed by atoms with Crippen LogP contribution in [0.4, 0.5) is 5.95 Å². The second-order valence-corrected chi connectivity index (χ2v) is 8.18. The second-order valence-electron chi connectivity index (χ2n) is 5.48. The molecule has 0 aliphatic carbocycles. The number of fused-ring (bicyclic) bond motifs is 1. The van der Waals surface area contributed by atoms with Gasteiger partial charge in [-0.05, 0) is 0 Å². The van der Waals surface area contributed by atoms with Gasteiger partial charge in [0, 0.05) is 6.42 Å². The van der Waals surface area contributed by atoms with Crippen LogP contribution in [0.5, 0.6) is 0 Å². The number of ether oxygens (including phenoxy) is 1. The van der Waals surface area contributed by atoms with Crippen LogP contribution in [-0.2, 0) is 22.7 Å². The van der Waals surface area contributed by atoms with Crippen molar-refractivity contribution in [2.45, 2.75) is 24.9 Å². The fourth-order valence-corrected chi connectivity index (χ4v) is 4.00. The Balaban J connectivity index is 0.00000280. The first-order chi connectivity index (χ1) is 12.5. The van der Waals surface area contributed by atoms with E-state index >= 15 is 0 Å². The Morgan fingerprint density at radius 2 is 1.97 bits per heavy atom. The summed E-state index contributed by atoms with van der Waals surface area (Å²) in [5.74, 6) is -0.170. The van der Waals surface area contributed by atoms with E-state index in [1.807, 2.05) is 0 Å². The number of rotatable bonds is 6. The van der Waals surface area contributed by atoms with Crippen molar-refractivity contribution in [3.05, 3.63) is 16.7 Å². The number of nitrogen functional groups attached to an aromatic ring is 1. The van der Waals surface area contributed by atoms with Gasteiger partial charge in [0.05, 0.1) is 26.9 Å². The van der Waals surface area contributed by atoms with Gasteiger partial charge in [-0.15, -0.1) is 0 Å². The molecule has 150 valence electrons. The van der Waals surface area contributed by atoms with Crippen LogP contribution in [0.1, 0.15) is 12.6 Å². The summed E-state index contributed by atoms with van der Waals surface area (Å²) in [6.45, 7) is -0.818. The topological polar surface area (TPSA) is 241 Å². The van der Waals surface area contributed by atoms with E-state index < -0.39 is 46.2 Å². The van der Waals surface area contributed by atoms with Crippen LogP contribution < -0.4 is 115 Å². The number of hydrogen-bond acceptors (Lipinski definition) is 13. The molecule has 0 aromatic carbocycles. The molecule has 2 aromatic heterocycles. The molecule has 4 atom stereocenters. The number of hydrogen-bond donors (Lipinski definition) is 3. The van der Waals surface area contributed by atoms with Crippen molar-refractivity contribution in [3.8, 4) is 0 Å². The minimum Gasteiger partial charge on any atom is -0.790 e. The predicted octanol–water partition coefficient (Wildman–Crippen LogP) is -12.3. The molecule has 0 saturated carbocycles. The molecule has 3 heterocycles. The van der Waals surface area contributed by atoms with Gasteiger partial charge >= 0.3 is 88.7 Å². The van der Waals surface area contributed by atoms with Crippen LogP contribution in [0, 0.1) is 0 Å². The Morgan fingerprint density at radius 3 is 2.57 bits per heavy atom. The fraction of sp³-hybridized carbons (Fsp3) is 0.500. The Bertz CT molecular complexity index is 1010. The van der Waals surface area contributed by atoms with Gasteiger partial charge in [0.15, 0.2) is 11.2 Å². The summed E-state index contributed by atoms with van der Waals surface area (Å²) in [5.41, 5.74) is 4.94. The maximum atomic E-state index is 11.8. The van der Waals surface area contributed by atoms with Gasteiger partial charge in [-0.2, -0.15) is 4.98 Å². The van der Waals surface area contributed by atoms with Crippen molar-refractivity contribution in [1.29, 1.82) is 0 Å². The molecule has 0 spiro atoms. The summed E-state index contributed by atoms with van der Waals surface area (Å²) in [4.78, 5) is 53.8. The minimum absolute atomic E-state index is 0. The summed E-state index contributed by atoms with van der Waals surface area (Å²) in [7, 11) is -11.3. The molecule has 1 unspecified atom stereocenters. The zero-order chi connectivity index (χ0) is 20.0. The largest absolute Gasteiger partial charge is 1.00 e. The Labute approximate surface area is 234 Å². The van der Waals surface area contributed by atoms with E-state index in [1.165, 1.54) is 10.9 Å². The van der Waals surface area contributed by atoms with Gasteiger partial charge in [-0.3, -0.25) is 23.2 Å². The Kier molecular flexibility index (Phi) is 12.7. The average molecular weight is 493 g/mol. The Hall–Kier alpha value is 1.33. The molecule has 3 rings (SSSR count). The van der Waals surface area contributed by atoms with Crippen molar-refractivity contribution >= 4 is 32.8 Å². The van der Waals surface area contributed by atoms with Crippen LogP contribution in [-0.4, -0.2) is 43.4 Å². The van der Waals surface area contributed by atoms with Crippen LogP contribution in [0.25, 0.3) is 11.2 Å². The molecule has 1 fully saturated rings. The van der Waals surface area contributed by atoms with Crippen molar-refractivity contribution in [2.24, 2.45) is 0 Å². The number of aromatic nitrogens is 4. The van der Waals surface area contributed by atoms with E-state index in [0.29, 0.717) is 0 Å². The Morgan fingerprint density at radius 1 is 1.33 bits per heavy atom. The van der Waals surface area contributed by atoms with Crippen molar-refractivity contribution in [1.82, 2.24) is 19.5 Å². The maximum Gasteiger partial charge on any atom is 1.00 e. The number of nitrogens with zero attached hydrogens (tertiary/aromatic N) is 3. The van der Waals surface area contributed by atoms with Crippen LogP contribution in [0.15, 0.2) is 11.1 Å². The minimum atomic E-state index is -5.82. The number of phosphoric acid groups is 2. The molecular weight excluding hydrogens is 481 g/mol. The molecule has 1 saturated heterocycles. The van der Waals surface area contributed by atoms with E-state index in [9.17, 15) is 33.7 Å². The number of H-pyrrole nitrogens is 1. The van der Waals surface area contributed by atoms with Crippen molar-refractivity contribution in [3.63, 3.8) is 0 Å². The van der Waals surface area contributed by atoms with Crippen LogP contribution >= 0.6 is 15.6 Å². The molecule has 30 heavy (non-hydrogen) atoms. The van der Waals surface area contributed by atoms with Gasteiger partial charge in [0.1, 0.15) is 12.3 Å². The van der Waals surface area contributed by atoms with Gasteiger partial charge in [0.2, 0.25) is 5.95 Å². The number of aliphatic hydroxyl groups excluding tert-OH is 1. The molecule has 0 bridgehead atoms. The standard InChI is InChI=1S/C10H15N5O10P2.3Na/c11-10-13-8-7(9(17)14-10)12-3-15(8)6-1-4(16)5(24-6)2-23-27(21,22)25-26(18,19)20;;;/h3-6,16H,1-2H2,(H,21,22)(H2,18,19,20)(H3,11,13,14,17);;;/q;3*+1/p-3/t4-,5+,6+;;;/m0.../s1. The number of aliphatic hydroxyl groups is 1.